The first-order valence-corrected chi connectivity index (χ1v) is 7.77. The van der Waals surface area contributed by atoms with Gasteiger partial charge in [-0.25, -0.2) is 0 Å². The summed E-state index contributed by atoms with van der Waals surface area (Å²) in [6.45, 7) is 1.83. The molecule has 2 N–H and O–H groups in total. The Balaban J connectivity index is 1.65. The summed E-state index contributed by atoms with van der Waals surface area (Å²) < 4.78 is 5.94. The lowest BCUT2D eigenvalue weighted by Gasteiger charge is -2.07. The number of hydrogen-bond acceptors (Lipinski definition) is 4. The van der Waals surface area contributed by atoms with Gasteiger partial charge in [0.2, 0.25) is 0 Å². The van der Waals surface area contributed by atoms with Gasteiger partial charge in [0.1, 0.15) is 5.76 Å². The Kier molecular flexibility index (Phi) is 4.43. The van der Waals surface area contributed by atoms with Crippen LogP contribution in [-0.2, 0) is 0 Å². The Morgan fingerprint density at radius 3 is 2.30 bits per heavy atom. The summed E-state index contributed by atoms with van der Waals surface area (Å²) in [6.07, 6.45) is 0. The third kappa shape index (κ3) is 3.98. The van der Waals surface area contributed by atoms with Crippen molar-refractivity contribution in [2.75, 3.05) is 10.6 Å². The topological polar surface area (TPSA) is 67.2 Å². The van der Waals surface area contributed by atoms with E-state index in [9.17, 15) is 4.79 Å². The quantitative estimate of drug-likeness (QED) is 0.694. The van der Waals surface area contributed by atoms with E-state index in [4.69, 9.17) is 4.52 Å². The monoisotopic (exact) mass is 371 g/mol. The van der Waals surface area contributed by atoms with Crippen LogP contribution >= 0.6 is 15.9 Å². The first-order chi connectivity index (χ1) is 11.1. The van der Waals surface area contributed by atoms with Crippen LogP contribution < -0.4 is 10.6 Å². The molecule has 0 fully saturated rings. The molecule has 0 spiro atoms. The predicted molar refractivity (Wildman–Crippen MR) is 93.1 cm³/mol. The van der Waals surface area contributed by atoms with Crippen LogP contribution in [0.5, 0.6) is 0 Å². The molecule has 0 aliphatic carbocycles. The molecule has 0 aliphatic rings. The number of nitrogens with zero attached hydrogens (tertiary/aromatic N) is 1. The van der Waals surface area contributed by atoms with E-state index < -0.39 is 0 Å². The first kappa shape index (κ1) is 15.3. The molecule has 0 radical (unpaired) electrons. The summed E-state index contributed by atoms with van der Waals surface area (Å²) >= 11 is 3.35. The summed E-state index contributed by atoms with van der Waals surface area (Å²) in [5.74, 6) is 1.24. The zero-order valence-corrected chi connectivity index (χ0v) is 13.9. The molecule has 3 aromatic rings. The van der Waals surface area contributed by atoms with Gasteiger partial charge < -0.3 is 15.2 Å². The average molecular weight is 372 g/mol. The van der Waals surface area contributed by atoms with E-state index in [2.05, 4.69) is 31.7 Å². The van der Waals surface area contributed by atoms with Crippen molar-refractivity contribution in [1.82, 2.24) is 5.16 Å². The van der Waals surface area contributed by atoms with Gasteiger partial charge in [-0.1, -0.05) is 21.1 Å². The van der Waals surface area contributed by atoms with Gasteiger partial charge in [-0.3, -0.25) is 4.79 Å². The van der Waals surface area contributed by atoms with Gasteiger partial charge in [0.25, 0.3) is 5.91 Å². The SMILES string of the molecule is Cc1cc(Nc2ccc(NC(=O)c3ccc(Br)cc3)cc2)no1. The third-order valence-electron chi connectivity index (χ3n) is 3.15. The molecule has 1 aromatic heterocycles. The molecular formula is C17H14BrN3O2. The predicted octanol–water partition coefficient (Wildman–Crippen LogP) is 4.74. The van der Waals surface area contributed by atoms with E-state index in [-0.39, 0.29) is 5.91 Å². The number of amides is 1. The number of carbonyl (C=O) groups is 1. The van der Waals surface area contributed by atoms with E-state index in [0.29, 0.717) is 11.4 Å². The highest BCUT2D eigenvalue weighted by molar-refractivity contribution is 9.10. The molecule has 1 amide bonds. The maximum absolute atomic E-state index is 12.1. The third-order valence-corrected chi connectivity index (χ3v) is 3.68. The molecule has 0 unspecified atom stereocenters. The Hall–Kier alpha value is -2.60. The first-order valence-electron chi connectivity index (χ1n) is 6.97. The highest BCUT2D eigenvalue weighted by Crippen LogP contribution is 2.19. The van der Waals surface area contributed by atoms with Crippen LogP contribution in [0.25, 0.3) is 0 Å². The molecule has 1 heterocycles. The van der Waals surface area contributed by atoms with Gasteiger partial charge in [-0.2, -0.15) is 0 Å². The average Bonchev–Trinajstić information content (AvgIpc) is 2.95. The molecule has 0 aliphatic heterocycles. The Morgan fingerprint density at radius 2 is 1.70 bits per heavy atom. The van der Waals surface area contributed by atoms with Crippen LogP contribution in [0.2, 0.25) is 0 Å². The number of aromatic nitrogens is 1. The largest absolute Gasteiger partial charge is 0.360 e. The highest BCUT2D eigenvalue weighted by atomic mass is 79.9. The highest BCUT2D eigenvalue weighted by Gasteiger charge is 2.06. The molecule has 6 heteroatoms. The molecule has 0 saturated carbocycles. The van der Waals surface area contributed by atoms with Crippen LogP contribution in [0.3, 0.4) is 0 Å². The Bertz CT molecular complexity index is 811. The van der Waals surface area contributed by atoms with Gasteiger partial charge in [0, 0.05) is 27.5 Å². The summed E-state index contributed by atoms with van der Waals surface area (Å²) in [5, 5.41) is 9.85. The summed E-state index contributed by atoms with van der Waals surface area (Å²) in [5.41, 5.74) is 2.19. The second kappa shape index (κ2) is 6.66. The minimum absolute atomic E-state index is 0.148. The van der Waals surface area contributed by atoms with E-state index in [0.717, 1.165) is 21.6 Å². The van der Waals surface area contributed by atoms with E-state index in [1.54, 1.807) is 12.1 Å². The van der Waals surface area contributed by atoms with Crippen LogP contribution in [0.1, 0.15) is 16.1 Å². The molecule has 0 saturated heterocycles. The van der Waals surface area contributed by atoms with Crippen LogP contribution in [0.4, 0.5) is 17.2 Å². The summed E-state index contributed by atoms with van der Waals surface area (Å²) in [6, 6.07) is 16.4. The number of rotatable bonds is 4. The second-order valence-corrected chi connectivity index (χ2v) is 5.90. The molecule has 23 heavy (non-hydrogen) atoms. The van der Waals surface area contributed by atoms with Crippen LogP contribution in [0.15, 0.2) is 63.6 Å². The van der Waals surface area contributed by atoms with Crippen molar-refractivity contribution in [1.29, 1.82) is 0 Å². The van der Waals surface area contributed by atoms with Gasteiger partial charge in [0.05, 0.1) is 0 Å². The molecule has 2 aromatic carbocycles. The fraction of sp³-hybridized carbons (Fsp3) is 0.0588. The van der Waals surface area contributed by atoms with Crippen molar-refractivity contribution in [3.05, 3.63) is 70.4 Å². The minimum atomic E-state index is -0.148. The van der Waals surface area contributed by atoms with Crippen molar-refractivity contribution in [3.8, 4) is 0 Å². The zero-order chi connectivity index (χ0) is 16.2. The number of anilines is 3. The summed E-state index contributed by atoms with van der Waals surface area (Å²) in [7, 11) is 0. The minimum Gasteiger partial charge on any atom is -0.360 e. The maximum Gasteiger partial charge on any atom is 0.255 e. The second-order valence-electron chi connectivity index (χ2n) is 4.99. The molecular weight excluding hydrogens is 358 g/mol. The Morgan fingerprint density at radius 1 is 1.04 bits per heavy atom. The van der Waals surface area contributed by atoms with E-state index >= 15 is 0 Å². The van der Waals surface area contributed by atoms with Crippen molar-refractivity contribution in [3.63, 3.8) is 0 Å². The van der Waals surface area contributed by atoms with E-state index in [1.165, 1.54) is 0 Å². The lowest BCUT2D eigenvalue weighted by molar-refractivity contribution is 0.102. The number of hydrogen-bond donors (Lipinski definition) is 2. The lowest BCUT2D eigenvalue weighted by Crippen LogP contribution is -2.11. The van der Waals surface area contributed by atoms with Gasteiger partial charge in [-0.15, -0.1) is 0 Å². The van der Waals surface area contributed by atoms with Crippen LogP contribution in [0, 0.1) is 6.92 Å². The standard InChI is InChI=1S/C17H14BrN3O2/c1-11-10-16(21-23-11)19-14-6-8-15(9-7-14)20-17(22)12-2-4-13(18)5-3-12/h2-10H,1H3,(H,19,21)(H,20,22). The van der Waals surface area contributed by atoms with Gasteiger partial charge in [-0.05, 0) is 55.5 Å². The molecule has 5 nitrogen and oxygen atoms in total. The normalized spacial score (nSPS) is 10.3. The molecule has 0 bridgehead atoms. The summed E-state index contributed by atoms with van der Waals surface area (Å²) in [4.78, 5) is 12.1. The van der Waals surface area contributed by atoms with Crippen LogP contribution in [-0.4, -0.2) is 11.1 Å². The van der Waals surface area contributed by atoms with Gasteiger partial charge >= 0.3 is 0 Å². The lowest BCUT2D eigenvalue weighted by atomic mass is 10.2. The fourth-order valence-corrected chi connectivity index (χ4v) is 2.28. The number of aryl methyl sites for hydroxylation is 1. The fourth-order valence-electron chi connectivity index (χ4n) is 2.01. The number of benzene rings is 2. The molecule has 0 atom stereocenters. The Labute approximate surface area is 141 Å². The van der Waals surface area contributed by atoms with E-state index in [1.807, 2.05) is 49.4 Å². The van der Waals surface area contributed by atoms with Crippen molar-refractivity contribution in [2.45, 2.75) is 6.92 Å². The van der Waals surface area contributed by atoms with Crippen molar-refractivity contribution < 1.29 is 9.32 Å². The van der Waals surface area contributed by atoms with Gasteiger partial charge in [0.15, 0.2) is 5.82 Å². The zero-order valence-electron chi connectivity index (χ0n) is 12.3. The maximum atomic E-state index is 12.1. The number of halogens is 1. The molecule has 116 valence electrons. The molecule has 3 rings (SSSR count). The van der Waals surface area contributed by atoms with Crippen molar-refractivity contribution >= 4 is 39.0 Å². The smallest absolute Gasteiger partial charge is 0.255 e. The number of nitrogens with one attached hydrogen (secondary N) is 2. The van der Waals surface area contributed by atoms with Crippen molar-refractivity contribution in [2.24, 2.45) is 0 Å². The number of carbonyl (C=O) groups excluding carboxylic acids is 1.